The first kappa shape index (κ1) is 13.5. The number of carbonyl (C=O) groups is 2. The predicted octanol–water partition coefficient (Wildman–Crippen LogP) is -1.12. The van der Waals surface area contributed by atoms with Gasteiger partial charge in [-0.1, -0.05) is 24.3 Å². The molecule has 2 amide bonds. The van der Waals surface area contributed by atoms with Crippen LogP contribution in [0.2, 0.25) is 0 Å². The van der Waals surface area contributed by atoms with Gasteiger partial charge in [-0.25, -0.2) is 0 Å². The number of rotatable bonds is 4. The number of likely N-dealkylation sites (N-methyl/N-ethyl adjacent to an activating group) is 1. The highest BCUT2D eigenvalue weighted by atomic mass is 16.2. The second-order valence-electron chi connectivity index (χ2n) is 4.70. The maximum Gasteiger partial charge on any atom is 0.278 e. The van der Waals surface area contributed by atoms with Gasteiger partial charge in [-0.05, 0) is 17.5 Å². The molecule has 0 radical (unpaired) electrons. The van der Waals surface area contributed by atoms with Gasteiger partial charge in [0.2, 0.25) is 0 Å². The zero-order valence-corrected chi connectivity index (χ0v) is 11.2. The summed E-state index contributed by atoms with van der Waals surface area (Å²) in [6, 6.07) is 8.23. The van der Waals surface area contributed by atoms with E-state index in [2.05, 4.69) is 17.4 Å². The molecule has 1 aromatic rings. The highest BCUT2D eigenvalue weighted by molar-refractivity contribution is 5.78. The van der Waals surface area contributed by atoms with Crippen LogP contribution in [0.25, 0.3) is 0 Å². The van der Waals surface area contributed by atoms with Crippen LogP contribution in [0.15, 0.2) is 24.3 Å². The number of fused-ring (bicyclic) bond motifs is 1. The minimum atomic E-state index is -0.0585. The molecular weight excluding hydrogens is 242 g/mol. The van der Waals surface area contributed by atoms with Gasteiger partial charge < -0.3 is 15.5 Å². The molecule has 1 aliphatic heterocycles. The second-order valence-corrected chi connectivity index (χ2v) is 4.70. The molecule has 5 nitrogen and oxygen atoms in total. The second kappa shape index (κ2) is 6.33. The van der Waals surface area contributed by atoms with Crippen molar-refractivity contribution in [1.29, 1.82) is 0 Å². The minimum absolute atomic E-state index is 0.0585. The zero-order valence-electron chi connectivity index (χ0n) is 11.2. The van der Waals surface area contributed by atoms with E-state index in [9.17, 15) is 9.59 Å². The van der Waals surface area contributed by atoms with Gasteiger partial charge in [0, 0.05) is 20.1 Å². The molecule has 3 N–H and O–H groups in total. The average Bonchev–Trinajstić information content (AvgIpc) is 2.46. The topological polar surface area (TPSA) is 66.0 Å². The Morgan fingerprint density at radius 3 is 2.74 bits per heavy atom. The normalized spacial score (nSPS) is 13.8. The fourth-order valence-corrected chi connectivity index (χ4v) is 2.27. The van der Waals surface area contributed by atoms with Gasteiger partial charge in [0.25, 0.3) is 11.8 Å². The Kier molecular flexibility index (Phi) is 4.52. The lowest BCUT2D eigenvalue weighted by Gasteiger charge is -2.28. The van der Waals surface area contributed by atoms with Crippen molar-refractivity contribution in [3.8, 4) is 0 Å². The van der Waals surface area contributed by atoms with Crippen LogP contribution >= 0.6 is 0 Å². The molecule has 19 heavy (non-hydrogen) atoms. The van der Waals surface area contributed by atoms with Gasteiger partial charge in [0.15, 0.2) is 13.1 Å². The first-order chi connectivity index (χ1) is 9.20. The van der Waals surface area contributed by atoms with Crippen LogP contribution in [-0.2, 0) is 22.6 Å². The molecule has 0 bridgehead atoms. The van der Waals surface area contributed by atoms with Crippen LogP contribution in [0.4, 0.5) is 0 Å². The number of quaternary nitrogens is 1. The van der Waals surface area contributed by atoms with E-state index in [-0.39, 0.29) is 11.8 Å². The van der Waals surface area contributed by atoms with Crippen LogP contribution < -0.4 is 10.6 Å². The molecule has 5 heteroatoms. The van der Waals surface area contributed by atoms with Gasteiger partial charge in [0.05, 0.1) is 0 Å². The largest absolute Gasteiger partial charge is 0.354 e. The van der Waals surface area contributed by atoms with E-state index in [0.717, 1.165) is 13.0 Å². The third kappa shape index (κ3) is 3.54. The summed E-state index contributed by atoms with van der Waals surface area (Å²) in [6.07, 6.45) is 0.914. The summed E-state index contributed by atoms with van der Waals surface area (Å²) in [4.78, 5) is 25.0. The summed E-state index contributed by atoms with van der Waals surface area (Å²) < 4.78 is 0. The van der Waals surface area contributed by atoms with Gasteiger partial charge in [-0.15, -0.1) is 0 Å². The molecule has 0 saturated carbocycles. The third-order valence-corrected chi connectivity index (χ3v) is 3.41. The molecule has 0 aliphatic carbocycles. The van der Waals surface area contributed by atoms with Gasteiger partial charge in [0.1, 0.15) is 0 Å². The van der Waals surface area contributed by atoms with Gasteiger partial charge in [-0.3, -0.25) is 9.59 Å². The number of carbonyl (C=O) groups excluding carboxylic acids is 2. The van der Waals surface area contributed by atoms with E-state index < -0.39 is 0 Å². The van der Waals surface area contributed by atoms with Crippen molar-refractivity contribution in [2.45, 2.75) is 13.0 Å². The van der Waals surface area contributed by atoms with Crippen LogP contribution in [0.3, 0.4) is 0 Å². The van der Waals surface area contributed by atoms with Crippen molar-refractivity contribution in [3.63, 3.8) is 0 Å². The Hall–Kier alpha value is -1.88. The summed E-state index contributed by atoms with van der Waals surface area (Å²) in [5.41, 5.74) is 2.56. The van der Waals surface area contributed by atoms with Crippen molar-refractivity contribution >= 4 is 11.8 Å². The third-order valence-electron chi connectivity index (χ3n) is 3.41. The molecule has 1 heterocycles. The van der Waals surface area contributed by atoms with E-state index in [1.165, 1.54) is 11.1 Å². The lowest BCUT2D eigenvalue weighted by molar-refractivity contribution is -0.633. The Bertz CT molecular complexity index is 474. The molecule has 0 unspecified atom stereocenters. The molecule has 0 aromatic heterocycles. The molecule has 1 aromatic carbocycles. The van der Waals surface area contributed by atoms with Gasteiger partial charge in [-0.2, -0.15) is 0 Å². The maximum absolute atomic E-state index is 12.0. The number of hydrogen-bond donors (Lipinski definition) is 2. The summed E-state index contributed by atoms with van der Waals surface area (Å²) in [5.74, 6) is 0.0372. The van der Waals surface area contributed by atoms with Crippen LogP contribution in [0.5, 0.6) is 0 Å². The average molecular weight is 262 g/mol. The lowest BCUT2D eigenvalue weighted by atomic mass is 10.00. The zero-order chi connectivity index (χ0) is 13.7. The van der Waals surface area contributed by atoms with Crippen molar-refractivity contribution in [2.75, 3.05) is 26.7 Å². The van der Waals surface area contributed by atoms with E-state index in [4.69, 9.17) is 0 Å². The predicted molar refractivity (Wildman–Crippen MR) is 71.3 cm³/mol. The maximum atomic E-state index is 12.0. The molecule has 0 fully saturated rings. The van der Waals surface area contributed by atoms with E-state index >= 15 is 0 Å². The van der Waals surface area contributed by atoms with Crippen molar-refractivity contribution in [1.82, 2.24) is 10.2 Å². The lowest BCUT2D eigenvalue weighted by Crippen LogP contribution is -2.88. The number of hydrogen-bond acceptors (Lipinski definition) is 2. The van der Waals surface area contributed by atoms with E-state index in [1.807, 2.05) is 17.0 Å². The molecule has 2 rings (SSSR count). The fourth-order valence-electron chi connectivity index (χ4n) is 2.27. The summed E-state index contributed by atoms with van der Waals surface area (Å²) in [7, 11) is 1.60. The van der Waals surface area contributed by atoms with E-state index in [0.29, 0.717) is 19.6 Å². The van der Waals surface area contributed by atoms with E-state index in [1.54, 1.807) is 12.4 Å². The SMILES string of the molecule is CNC(=O)C[NH2+]CC(=O)N1CCc2ccccc2C1. The quantitative estimate of drug-likeness (QED) is 0.722. The van der Waals surface area contributed by atoms with Gasteiger partial charge >= 0.3 is 0 Å². The number of benzene rings is 1. The standard InChI is InChI=1S/C14H19N3O2/c1-15-13(18)8-16-9-14(19)17-7-6-11-4-2-3-5-12(11)10-17/h2-5,16H,6-10H2,1H3,(H,15,18)/p+1. The monoisotopic (exact) mass is 262 g/mol. The molecule has 1 aliphatic rings. The summed E-state index contributed by atoms with van der Waals surface area (Å²) in [6.45, 7) is 2.08. The molecule has 102 valence electrons. The summed E-state index contributed by atoms with van der Waals surface area (Å²) >= 11 is 0. The number of nitrogens with zero attached hydrogens (tertiary/aromatic N) is 1. The fraction of sp³-hybridized carbons (Fsp3) is 0.429. The molecular formula is C14H20N3O2+. The first-order valence-corrected chi connectivity index (χ1v) is 6.57. The Labute approximate surface area is 113 Å². The molecule has 0 saturated heterocycles. The number of nitrogens with one attached hydrogen (secondary N) is 1. The highest BCUT2D eigenvalue weighted by Gasteiger charge is 2.21. The van der Waals surface area contributed by atoms with Crippen LogP contribution in [0.1, 0.15) is 11.1 Å². The Balaban J connectivity index is 1.83. The Morgan fingerprint density at radius 2 is 2.00 bits per heavy atom. The summed E-state index contributed by atoms with van der Waals surface area (Å²) in [5, 5.41) is 4.27. The minimum Gasteiger partial charge on any atom is -0.354 e. The van der Waals surface area contributed by atoms with Crippen molar-refractivity contribution in [2.24, 2.45) is 0 Å². The van der Waals surface area contributed by atoms with Crippen molar-refractivity contribution in [3.05, 3.63) is 35.4 Å². The van der Waals surface area contributed by atoms with Crippen molar-refractivity contribution < 1.29 is 14.9 Å². The molecule has 0 spiro atoms. The van der Waals surface area contributed by atoms with Crippen LogP contribution in [-0.4, -0.2) is 43.4 Å². The van der Waals surface area contributed by atoms with Crippen LogP contribution in [0, 0.1) is 0 Å². The Morgan fingerprint density at radius 1 is 1.26 bits per heavy atom. The number of nitrogens with two attached hydrogens (primary N) is 1. The molecule has 0 atom stereocenters. The smallest absolute Gasteiger partial charge is 0.278 e. The first-order valence-electron chi connectivity index (χ1n) is 6.57. The number of amides is 2. The highest BCUT2D eigenvalue weighted by Crippen LogP contribution is 2.17.